The summed E-state index contributed by atoms with van der Waals surface area (Å²) in [5.41, 5.74) is 0.418. The monoisotopic (exact) mass is 296 g/mol. The molecular formula is C13H20N4O4. The number of piperidine rings is 1. The Labute approximate surface area is 122 Å². The van der Waals surface area contributed by atoms with E-state index in [0.29, 0.717) is 37.4 Å². The van der Waals surface area contributed by atoms with Crippen LogP contribution in [0.2, 0.25) is 0 Å². The molecule has 0 radical (unpaired) electrons. The molecule has 0 aromatic carbocycles. The molecular weight excluding hydrogens is 276 g/mol. The van der Waals surface area contributed by atoms with Crippen LogP contribution in [0.15, 0.2) is 0 Å². The Balaban J connectivity index is 2.38. The highest BCUT2D eigenvalue weighted by molar-refractivity contribution is 5.71. The van der Waals surface area contributed by atoms with Crippen molar-refractivity contribution < 1.29 is 14.8 Å². The zero-order chi connectivity index (χ0) is 15.7. The Morgan fingerprint density at radius 1 is 1.57 bits per heavy atom. The van der Waals surface area contributed by atoms with Crippen molar-refractivity contribution in [3.63, 3.8) is 0 Å². The van der Waals surface area contributed by atoms with Crippen LogP contribution < -0.4 is 4.90 Å². The molecule has 1 aromatic heterocycles. The van der Waals surface area contributed by atoms with Crippen molar-refractivity contribution >= 4 is 17.5 Å². The lowest BCUT2D eigenvalue weighted by Gasteiger charge is -2.37. The summed E-state index contributed by atoms with van der Waals surface area (Å²) in [6.45, 7) is 6.44. The molecule has 2 heterocycles. The molecule has 0 aliphatic carbocycles. The van der Waals surface area contributed by atoms with Gasteiger partial charge in [-0.3, -0.25) is 14.9 Å². The maximum atomic E-state index is 11.3. The van der Waals surface area contributed by atoms with E-state index in [2.05, 4.69) is 5.10 Å². The number of anilines is 1. The second kappa shape index (κ2) is 5.71. The van der Waals surface area contributed by atoms with Crippen LogP contribution in [0, 0.1) is 23.0 Å². The lowest BCUT2D eigenvalue weighted by molar-refractivity contribution is -0.384. The Morgan fingerprint density at radius 3 is 2.71 bits per heavy atom. The van der Waals surface area contributed by atoms with E-state index < -0.39 is 10.9 Å². The molecule has 116 valence electrons. The number of carbonyl (C=O) groups is 1. The number of aliphatic carboxylic acids is 1. The fraction of sp³-hybridized carbons (Fsp3) is 0.692. The van der Waals surface area contributed by atoms with Gasteiger partial charge in [-0.25, -0.2) is 4.68 Å². The third-order valence-corrected chi connectivity index (χ3v) is 4.05. The average Bonchev–Trinajstić information content (AvgIpc) is 2.75. The number of rotatable bonds is 4. The number of nitro groups is 1. The van der Waals surface area contributed by atoms with Gasteiger partial charge in [-0.1, -0.05) is 0 Å². The van der Waals surface area contributed by atoms with Gasteiger partial charge in [-0.2, -0.15) is 5.10 Å². The summed E-state index contributed by atoms with van der Waals surface area (Å²) in [4.78, 5) is 23.9. The Bertz CT molecular complexity index is 569. The molecule has 1 N–H and O–H groups in total. The number of aryl methyl sites for hydroxylation is 2. The maximum absolute atomic E-state index is 11.3. The summed E-state index contributed by atoms with van der Waals surface area (Å²) >= 11 is 0. The van der Waals surface area contributed by atoms with Crippen molar-refractivity contribution in [3.05, 3.63) is 15.8 Å². The molecule has 0 spiro atoms. The fourth-order valence-corrected chi connectivity index (χ4v) is 2.99. The van der Waals surface area contributed by atoms with E-state index in [0.717, 1.165) is 0 Å². The van der Waals surface area contributed by atoms with Gasteiger partial charge >= 0.3 is 11.7 Å². The van der Waals surface area contributed by atoms with Gasteiger partial charge in [-0.05, 0) is 33.6 Å². The van der Waals surface area contributed by atoms with Crippen molar-refractivity contribution in [2.24, 2.45) is 5.92 Å². The zero-order valence-electron chi connectivity index (χ0n) is 12.4. The van der Waals surface area contributed by atoms with Gasteiger partial charge in [0.05, 0.1) is 10.8 Å². The number of nitrogens with zero attached hydrogens (tertiary/aromatic N) is 4. The molecule has 0 amide bonds. The number of hydrogen-bond acceptors (Lipinski definition) is 5. The van der Waals surface area contributed by atoms with Crippen LogP contribution in [-0.4, -0.2) is 38.4 Å². The largest absolute Gasteiger partial charge is 0.481 e. The zero-order valence-corrected chi connectivity index (χ0v) is 12.4. The number of carboxylic acids is 1. The van der Waals surface area contributed by atoms with Crippen LogP contribution >= 0.6 is 0 Å². The van der Waals surface area contributed by atoms with Crippen LogP contribution in [0.3, 0.4) is 0 Å². The van der Waals surface area contributed by atoms with E-state index >= 15 is 0 Å². The third-order valence-electron chi connectivity index (χ3n) is 4.05. The lowest BCUT2D eigenvalue weighted by atomic mass is 9.91. The van der Waals surface area contributed by atoms with E-state index in [1.807, 2.05) is 18.7 Å². The van der Waals surface area contributed by atoms with Crippen molar-refractivity contribution in [2.45, 2.75) is 46.2 Å². The molecule has 1 fully saturated rings. The second-order valence-corrected chi connectivity index (χ2v) is 5.43. The molecule has 1 aromatic rings. The van der Waals surface area contributed by atoms with Gasteiger partial charge < -0.3 is 10.0 Å². The highest BCUT2D eigenvalue weighted by Crippen LogP contribution is 2.36. The van der Waals surface area contributed by atoms with Gasteiger partial charge in [0.15, 0.2) is 0 Å². The van der Waals surface area contributed by atoms with Crippen molar-refractivity contribution in [2.75, 3.05) is 11.4 Å². The van der Waals surface area contributed by atoms with Crippen molar-refractivity contribution in [1.82, 2.24) is 9.78 Å². The Kier molecular flexibility index (Phi) is 4.15. The normalized spacial score (nSPS) is 22.3. The molecule has 21 heavy (non-hydrogen) atoms. The van der Waals surface area contributed by atoms with E-state index in [-0.39, 0.29) is 17.6 Å². The summed E-state index contributed by atoms with van der Waals surface area (Å²) in [7, 11) is 0. The van der Waals surface area contributed by atoms with Crippen LogP contribution in [-0.2, 0) is 11.3 Å². The molecule has 1 aliphatic rings. The fourth-order valence-electron chi connectivity index (χ4n) is 2.99. The summed E-state index contributed by atoms with van der Waals surface area (Å²) in [5.74, 6) is -0.679. The molecule has 1 aliphatic heterocycles. The topological polar surface area (TPSA) is 101 Å². The van der Waals surface area contributed by atoms with Gasteiger partial charge in [-0.15, -0.1) is 0 Å². The van der Waals surface area contributed by atoms with E-state index in [1.54, 1.807) is 11.6 Å². The minimum Gasteiger partial charge on any atom is -0.481 e. The highest BCUT2D eigenvalue weighted by Gasteiger charge is 2.36. The first-order chi connectivity index (χ1) is 9.86. The van der Waals surface area contributed by atoms with E-state index in [9.17, 15) is 14.9 Å². The maximum Gasteiger partial charge on any atom is 0.333 e. The molecule has 2 unspecified atom stereocenters. The molecule has 1 saturated heterocycles. The van der Waals surface area contributed by atoms with Gasteiger partial charge in [0.25, 0.3) is 0 Å². The molecule has 0 bridgehead atoms. The molecule has 2 atom stereocenters. The first-order valence-electron chi connectivity index (χ1n) is 7.08. The molecule has 8 heteroatoms. The quantitative estimate of drug-likeness (QED) is 0.671. The van der Waals surface area contributed by atoms with Crippen LogP contribution in [0.4, 0.5) is 11.5 Å². The minimum absolute atomic E-state index is 0.0254. The molecule has 8 nitrogen and oxygen atoms in total. The smallest absolute Gasteiger partial charge is 0.333 e. The van der Waals surface area contributed by atoms with Crippen LogP contribution in [0.25, 0.3) is 0 Å². The summed E-state index contributed by atoms with van der Waals surface area (Å²) in [6, 6.07) is -0.0695. The van der Waals surface area contributed by atoms with E-state index in [4.69, 9.17) is 5.11 Å². The Morgan fingerprint density at radius 2 is 2.24 bits per heavy atom. The molecule has 2 rings (SSSR count). The molecule has 0 saturated carbocycles. The first kappa shape index (κ1) is 15.3. The van der Waals surface area contributed by atoms with Crippen molar-refractivity contribution in [3.8, 4) is 0 Å². The summed E-state index contributed by atoms with van der Waals surface area (Å²) < 4.78 is 1.63. The Hall–Kier alpha value is -2.12. The predicted molar refractivity (Wildman–Crippen MR) is 76.5 cm³/mol. The van der Waals surface area contributed by atoms with E-state index in [1.165, 1.54) is 0 Å². The number of aromatic nitrogens is 2. The standard InChI is InChI=1S/C13H20N4O4/c1-4-16-12(11(17(20)21)9(3)14-16)15-6-5-10(13(18)19)7-8(15)2/h8,10H,4-7H2,1-3H3,(H,18,19). The minimum atomic E-state index is -0.795. The number of hydrogen-bond donors (Lipinski definition) is 1. The predicted octanol–water partition coefficient (Wildman–Crippen LogP) is 1.81. The first-order valence-corrected chi connectivity index (χ1v) is 7.08. The second-order valence-electron chi connectivity index (χ2n) is 5.43. The van der Waals surface area contributed by atoms with Crippen LogP contribution in [0.5, 0.6) is 0 Å². The van der Waals surface area contributed by atoms with Gasteiger partial charge in [0, 0.05) is 19.1 Å². The van der Waals surface area contributed by atoms with Gasteiger partial charge in [0.1, 0.15) is 5.69 Å². The number of carboxylic acid groups (broad SMARTS) is 1. The third kappa shape index (κ3) is 2.70. The van der Waals surface area contributed by atoms with Crippen molar-refractivity contribution in [1.29, 1.82) is 0 Å². The average molecular weight is 296 g/mol. The summed E-state index contributed by atoms with van der Waals surface area (Å²) in [6.07, 6.45) is 0.977. The van der Waals surface area contributed by atoms with Crippen LogP contribution in [0.1, 0.15) is 32.4 Å². The SMILES string of the molecule is CCn1nc(C)c([N+](=O)[O-])c1N1CCC(C(=O)O)CC1C. The lowest BCUT2D eigenvalue weighted by Crippen LogP contribution is -2.44. The summed E-state index contributed by atoms with van der Waals surface area (Å²) in [5, 5.41) is 24.7. The van der Waals surface area contributed by atoms with Gasteiger partial charge in [0.2, 0.25) is 5.82 Å². The highest BCUT2D eigenvalue weighted by atomic mass is 16.6.